The van der Waals surface area contributed by atoms with Gasteiger partial charge in [-0.1, -0.05) is 43.5 Å². The molecule has 5 rings (SSSR count). The van der Waals surface area contributed by atoms with E-state index in [0.29, 0.717) is 6.61 Å². The largest absolute Gasteiger partial charge is 0.497 e. The minimum Gasteiger partial charge on any atom is -0.497 e. The Morgan fingerprint density at radius 1 is 0.892 bits per heavy atom. The molecule has 5 nitrogen and oxygen atoms in total. The van der Waals surface area contributed by atoms with E-state index in [9.17, 15) is 0 Å². The highest BCUT2D eigenvalue weighted by Crippen LogP contribution is 2.34. The lowest BCUT2D eigenvalue weighted by Gasteiger charge is -2.22. The fraction of sp³-hybridized carbons (Fsp3) is 0.290. The summed E-state index contributed by atoms with van der Waals surface area (Å²) in [5.74, 6) is 3.04. The van der Waals surface area contributed by atoms with E-state index in [-0.39, 0.29) is 0 Å². The first kappa shape index (κ1) is 25.0. The summed E-state index contributed by atoms with van der Waals surface area (Å²) < 4.78 is 16.7. The molecule has 1 saturated carbocycles. The van der Waals surface area contributed by atoms with Crippen LogP contribution in [-0.2, 0) is 6.61 Å². The average Bonchev–Trinajstić information content (AvgIpc) is 3.45. The minimum atomic E-state index is 0.386. The van der Waals surface area contributed by atoms with Crippen molar-refractivity contribution < 1.29 is 14.2 Å². The lowest BCUT2D eigenvalue weighted by Crippen LogP contribution is -2.04. The molecule has 0 saturated heterocycles. The molecule has 0 spiro atoms. The van der Waals surface area contributed by atoms with E-state index in [1.54, 1.807) is 25.6 Å². The summed E-state index contributed by atoms with van der Waals surface area (Å²) in [5.41, 5.74) is 5.50. The number of thiazole rings is 1. The van der Waals surface area contributed by atoms with Crippen LogP contribution in [0.3, 0.4) is 0 Å². The van der Waals surface area contributed by atoms with Gasteiger partial charge >= 0.3 is 0 Å². The summed E-state index contributed by atoms with van der Waals surface area (Å²) in [7, 11) is 3.30. The summed E-state index contributed by atoms with van der Waals surface area (Å²) >= 11 is 1.56. The fourth-order valence-electron chi connectivity index (χ4n) is 4.75. The fourth-order valence-corrected chi connectivity index (χ4v) is 5.42. The van der Waals surface area contributed by atoms with Gasteiger partial charge in [0.25, 0.3) is 0 Å². The van der Waals surface area contributed by atoms with E-state index in [1.807, 2.05) is 48.7 Å². The van der Waals surface area contributed by atoms with Gasteiger partial charge in [0.2, 0.25) is 5.13 Å². The zero-order valence-corrected chi connectivity index (χ0v) is 22.2. The number of methoxy groups -OCH3 is 2. The molecule has 0 atom stereocenters. The van der Waals surface area contributed by atoms with Crippen LogP contribution in [0.5, 0.6) is 17.2 Å². The smallest absolute Gasteiger partial charge is 0.209 e. The van der Waals surface area contributed by atoms with Gasteiger partial charge in [0.15, 0.2) is 0 Å². The third-order valence-electron chi connectivity index (χ3n) is 6.86. The maximum absolute atomic E-state index is 5.96. The van der Waals surface area contributed by atoms with Crippen molar-refractivity contribution in [1.29, 1.82) is 0 Å². The maximum atomic E-state index is 5.96. The Bertz CT molecular complexity index is 1320. The van der Waals surface area contributed by atoms with Crippen molar-refractivity contribution in [2.45, 2.75) is 44.6 Å². The topological polar surface area (TPSA) is 52.9 Å². The number of ether oxygens (including phenoxy) is 3. The predicted octanol–water partition coefficient (Wildman–Crippen LogP) is 8.20. The molecule has 4 aromatic rings. The lowest BCUT2D eigenvalue weighted by molar-refractivity contribution is 0.295. The van der Waals surface area contributed by atoms with Gasteiger partial charge in [-0.3, -0.25) is 0 Å². The molecule has 0 unspecified atom stereocenters. The number of benzene rings is 3. The summed E-state index contributed by atoms with van der Waals surface area (Å²) in [6.07, 6.45) is 8.57. The quantitative estimate of drug-likeness (QED) is 0.212. The standard InChI is InChI=1S/C31H32N2O3S/c1-34-28-16-17-30(35-2)26(18-28)20-36-27-14-8-22(9-15-27)19-32-31-33-29(21-37-31)25-12-10-24(11-13-25)23-6-4-3-5-7-23/h8-19,21,23H,3-7,20H2,1-2H3. The molecular formula is C31H32N2O3S. The van der Waals surface area contributed by atoms with Crippen LogP contribution in [0.25, 0.3) is 11.3 Å². The van der Waals surface area contributed by atoms with Gasteiger partial charge in [-0.15, -0.1) is 11.3 Å². The second kappa shape index (κ2) is 12.1. The Hall–Kier alpha value is -3.64. The Balaban J connectivity index is 1.18. The molecule has 1 aliphatic rings. The molecule has 1 fully saturated rings. The lowest BCUT2D eigenvalue weighted by atomic mass is 9.84. The first-order chi connectivity index (χ1) is 18.2. The second-order valence-corrected chi connectivity index (χ2v) is 10.1. The van der Waals surface area contributed by atoms with Crippen molar-refractivity contribution in [3.63, 3.8) is 0 Å². The minimum absolute atomic E-state index is 0.386. The van der Waals surface area contributed by atoms with Crippen LogP contribution in [0.4, 0.5) is 5.13 Å². The highest BCUT2D eigenvalue weighted by molar-refractivity contribution is 7.13. The van der Waals surface area contributed by atoms with Crippen LogP contribution in [0.2, 0.25) is 0 Å². The molecule has 0 radical (unpaired) electrons. The molecule has 1 aromatic heterocycles. The molecule has 6 heteroatoms. The second-order valence-electron chi connectivity index (χ2n) is 9.27. The average molecular weight is 513 g/mol. The van der Waals surface area contributed by atoms with E-state index >= 15 is 0 Å². The SMILES string of the molecule is COc1ccc(OC)c(COc2ccc(C=Nc3nc(-c4ccc(C5CCCCC5)cc4)cs3)cc2)c1. The van der Waals surface area contributed by atoms with E-state index in [1.165, 1.54) is 37.7 Å². The number of nitrogens with zero attached hydrogens (tertiary/aromatic N) is 2. The summed E-state index contributed by atoms with van der Waals surface area (Å²) in [6.45, 7) is 0.386. The van der Waals surface area contributed by atoms with E-state index in [4.69, 9.17) is 19.2 Å². The van der Waals surface area contributed by atoms with Gasteiger partial charge in [0.05, 0.1) is 19.9 Å². The third-order valence-corrected chi connectivity index (χ3v) is 7.61. The molecule has 0 N–H and O–H groups in total. The van der Waals surface area contributed by atoms with Gasteiger partial charge in [-0.2, -0.15) is 0 Å². The summed E-state index contributed by atoms with van der Waals surface area (Å²) in [5, 5.41) is 2.82. The van der Waals surface area contributed by atoms with Gasteiger partial charge in [-0.05, 0) is 72.4 Å². The van der Waals surface area contributed by atoms with E-state index < -0.39 is 0 Å². The first-order valence-corrected chi connectivity index (χ1v) is 13.6. The number of hydrogen-bond donors (Lipinski definition) is 0. The Morgan fingerprint density at radius 2 is 1.65 bits per heavy atom. The Morgan fingerprint density at radius 3 is 2.38 bits per heavy atom. The van der Waals surface area contributed by atoms with E-state index in [0.717, 1.165) is 50.7 Å². The molecular weight excluding hydrogens is 480 g/mol. The van der Waals surface area contributed by atoms with Crippen molar-refractivity contribution >= 4 is 22.7 Å². The van der Waals surface area contributed by atoms with Gasteiger partial charge < -0.3 is 14.2 Å². The maximum Gasteiger partial charge on any atom is 0.209 e. The van der Waals surface area contributed by atoms with Crippen molar-refractivity contribution in [3.05, 3.63) is 88.8 Å². The Labute approximate surface area is 222 Å². The monoisotopic (exact) mass is 512 g/mol. The highest BCUT2D eigenvalue weighted by atomic mass is 32.1. The van der Waals surface area contributed by atoms with Crippen LogP contribution in [0.1, 0.15) is 54.7 Å². The van der Waals surface area contributed by atoms with Crippen molar-refractivity contribution in [2.24, 2.45) is 4.99 Å². The number of hydrogen-bond acceptors (Lipinski definition) is 6. The van der Waals surface area contributed by atoms with Gasteiger partial charge in [0.1, 0.15) is 23.9 Å². The molecule has 0 amide bonds. The number of aromatic nitrogens is 1. The zero-order chi connectivity index (χ0) is 25.5. The van der Waals surface area contributed by atoms with E-state index in [2.05, 4.69) is 34.6 Å². The summed E-state index contributed by atoms with van der Waals surface area (Å²) in [4.78, 5) is 9.31. The van der Waals surface area contributed by atoms with Crippen molar-refractivity contribution in [2.75, 3.05) is 14.2 Å². The highest BCUT2D eigenvalue weighted by Gasteiger charge is 2.15. The number of aliphatic imine (C=N–C) groups is 1. The van der Waals surface area contributed by atoms with Gasteiger partial charge in [-0.25, -0.2) is 9.98 Å². The molecule has 1 aliphatic carbocycles. The van der Waals surface area contributed by atoms with Crippen LogP contribution in [-0.4, -0.2) is 25.4 Å². The van der Waals surface area contributed by atoms with Crippen LogP contribution < -0.4 is 14.2 Å². The molecule has 1 heterocycles. The number of rotatable bonds is 9. The summed E-state index contributed by atoms with van der Waals surface area (Å²) in [6, 6.07) is 22.5. The zero-order valence-electron chi connectivity index (χ0n) is 21.4. The molecule has 0 bridgehead atoms. The van der Waals surface area contributed by atoms with Crippen LogP contribution >= 0.6 is 11.3 Å². The van der Waals surface area contributed by atoms with Crippen LogP contribution in [0.15, 0.2) is 77.1 Å². The van der Waals surface area contributed by atoms with Crippen molar-refractivity contribution in [3.8, 4) is 28.5 Å². The Kier molecular flexibility index (Phi) is 8.16. The van der Waals surface area contributed by atoms with Crippen molar-refractivity contribution in [1.82, 2.24) is 4.98 Å². The third kappa shape index (κ3) is 6.38. The van der Waals surface area contributed by atoms with Crippen LogP contribution in [0, 0.1) is 0 Å². The molecule has 37 heavy (non-hydrogen) atoms. The van der Waals surface area contributed by atoms with Gasteiger partial charge in [0, 0.05) is 22.7 Å². The molecule has 0 aliphatic heterocycles. The molecule has 190 valence electrons. The first-order valence-electron chi connectivity index (χ1n) is 12.8. The predicted molar refractivity (Wildman–Crippen MR) is 151 cm³/mol. The normalized spacial score (nSPS) is 14.1. The molecule has 3 aromatic carbocycles.